The zero-order valence-corrected chi connectivity index (χ0v) is 15.8. The normalized spacial score (nSPS) is 20.1. The van der Waals surface area contributed by atoms with E-state index in [1.54, 1.807) is 30.3 Å². The van der Waals surface area contributed by atoms with Gasteiger partial charge in [0.15, 0.2) is 0 Å². The van der Waals surface area contributed by atoms with Crippen molar-refractivity contribution < 1.29 is 14.3 Å². The molecule has 0 aliphatic carbocycles. The highest BCUT2D eigenvalue weighted by molar-refractivity contribution is 6.31. The van der Waals surface area contributed by atoms with E-state index in [0.717, 1.165) is 16.7 Å². The standard InChI is InChI=1S/C19H20ClN3O3/c1-10-7-15(20)18(21-9-10)26-13-5-6-14(11(2)8-13)16-12(3)17(24)22-19(25)23(16)4/h5-9,12,16H,1-4H3,(H,22,24,25). The molecule has 1 fully saturated rings. The summed E-state index contributed by atoms with van der Waals surface area (Å²) in [6, 6.07) is 6.58. The lowest BCUT2D eigenvalue weighted by Crippen LogP contribution is -2.53. The average molecular weight is 374 g/mol. The molecule has 1 saturated heterocycles. The van der Waals surface area contributed by atoms with E-state index in [9.17, 15) is 9.59 Å². The first-order valence-electron chi connectivity index (χ1n) is 8.26. The Morgan fingerprint density at radius 3 is 2.62 bits per heavy atom. The largest absolute Gasteiger partial charge is 0.438 e. The number of imide groups is 1. The fourth-order valence-corrected chi connectivity index (χ4v) is 3.40. The molecule has 2 unspecified atom stereocenters. The summed E-state index contributed by atoms with van der Waals surface area (Å²) in [4.78, 5) is 29.7. The van der Waals surface area contributed by atoms with E-state index in [1.165, 1.54) is 0 Å². The molecular weight excluding hydrogens is 354 g/mol. The Bertz CT molecular complexity index is 864. The molecule has 136 valence electrons. The zero-order chi connectivity index (χ0) is 19.0. The van der Waals surface area contributed by atoms with Crippen molar-refractivity contribution in [2.24, 2.45) is 5.92 Å². The van der Waals surface area contributed by atoms with Crippen LogP contribution in [0.4, 0.5) is 4.79 Å². The average Bonchev–Trinajstić information content (AvgIpc) is 2.57. The van der Waals surface area contributed by atoms with Crippen molar-refractivity contribution in [1.29, 1.82) is 0 Å². The van der Waals surface area contributed by atoms with Gasteiger partial charge >= 0.3 is 6.03 Å². The summed E-state index contributed by atoms with van der Waals surface area (Å²) in [5.74, 6) is 0.304. The Labute approximate surface area is 157 Å². The third kappa shape index (κ3) is 3.37. The number of aromatic nitrogens is 1. The van der Waals surface area contributed by atoms with E-state index < -0.39 is 6.03 Å². The molecule has 6 nitrogen and oxygen atoms in total. The highest BCUT2D eigenvalue weighted by atomic mass is 35.5. The monoisotopic (exact) mass is 373 g/mol. The topological polar surface area (TPSA) is 71.5 Å². The number of hydrogen-bond donors (Lipinski definition) is 1. The van der Waals surface area contributed by atoms with Crippen molar-refractivity contribution >= 4 is 23.5 Å². The maximum Gasteiger partial charge on any atom is 0.324 e. The van der Waals surface area contributed by atoms with Crippen molar-refractivity contribution in [2.45, 2.75) is 26.8 Å². The van der Waals surface area contributed by atoms with E-state index in [0.29, 0.717) is 16.7 Å². The fraction of sp³-hybridized carbons (Fsp3) is 0.316. The van der Waals surface area contributed by atoms with Crippen molar-refractivity contribution in [2.75, 3.05) is 7.05 Å². The number of pyridine rings is 1. The van der Waals surface area contributed by atoms with Crippen LogP contribution in [0.15, 0.2) is 30.5 Å². The van der Waals surface area contributed by atoms with Crippen LogP contribution < -0.4 is 10.1 Å². The minimum Gasteiger partial charge on any atom is -0.438 e. The Morgan fingerprint density at radius 1 is 1.23 bits per heavy atom. The van der Waals surface area contributed by atoms with Crippen LogP contribution in [-0.2, 0) is 4.79 Å². The smallest absolute Gasteiger partial charge is 0.324 e. The summed E-state index contributed by atoms with van der Waals surface area (Å²) < 4.78 is 5.78. The summed E-state index contributed by atoms with van der Waals surface area (Å²) in [7, 11) is 1.68. The molecule has 3 rings (SSSR count). The molecule has 0 radical (unpaired) electrons. The van der Waals surface area contributed by atoms with Crippen LogP contribution in [0.1, 0.15) is 29.7 Å². The van der Waals surface area contributed by atoms with Gasteiger partial charge in [-0.3, -0.25) is 10.1 Å². The van der Waals surface area contributed by atoms with Crippen LogP contribution in [0.25, 0.3) is 0 Å². The highest BCUT2D eigenvalue weighted by Gasteiger charge is 2.38. The molecule has 1 aliphatic heterocycles. The van der Waals surface area contributed by atoms with Gasteiger partial charge in [0, 0.05) is 13.2 Å². The molecule has 2 aromatic rings. The number of benzene rings is 1. The lowest BCUT2D eigenvalue weighted by atomic mass is 9.88. The van der Waals surface area contributed by atoms with Crippen LogP contribution in [0.2, 0.25) is 5.02 Å². The second kappa shape index (κ2) is 6.96. The van der Waals surface area contributed by atoms with Gasteiger partial charge in [-0.1, -0.05) is 24.6 Å². The number of hydrogen-bond acceptors (Lipinski definition) is 4. The van der Waals surface area contributed by atoms with Crippen molar-refractivity contribution in [1.82, 2.24) is 15.2 Å². The second-order valence-electron chi connectivity index (χ2n) is 6.56. The van der Waals surface area contributed by atoms with Crippen LogP contribution in [0.5, 0.6) is 11.6 Å². The quantitative estimate of drug-likeness (QED) is 0.882. The molecule has 0 saturated carbocycles. The van der Waals surface area contributed by atoms with Gasteiger partial charge in [-0.15, -0.1) is 0 Å². The number of nitrogens with zero attached hydrogens (tertiary/aromatic N) is 2. The van der Waals surface area contributed by atoms with Crippen LogP contribution >= 0.6 is 11.6 Å². The maximum atomic E-state index is 12.0. The molecule has 26 heavy (non-hydrogen) atoms. The lowest BCUT2D eigenvalue weighted by molar-refractivity contribution is -0.127. The third-order valence-corrected chi connectivity index (χ3v) is 4.84. The molecule has 3 amide bonds. The molecule has 1 aromatic carbocycles. The molecular formula is C19H20ClN3O3. The minimum atomic E-state index is -0.395. The Kier molecular flexibility index (Phi) is 4.87. The molecule has 0 bridgehead atoms. The van der Waals surface area contributed by atoms with Gasteiger partial charge in [-0.05, 0) is 48.7 Å². The van der Waals surface area contributed by atoms with Crippen molar-refractivity contribution in [3.8, 4) is 11.6 Å². The van der Waals surface area contributed by atoms with Gasteiger partial charge in [0.25, 0.3) is 0 Å². The molecule has 7 heteroatoms. The van der Waals surface area contributed by atoms with Crippen LogP contribution in [-0.4, -0.2) is 28.9 Å². The van der Waals surface area contributed by atoms with E-state index >= 15 is 0 Å². The predicted molar refractivity (Wildman–Crippen MR) is 98.4 cm³/mol. The number of amides is 3. The summed E-state index contributed by atoms with van der Waals surface area (Å²) in [5, 5.41) is 2.79. The predicted octanol–water partition coefficient (Wildman–Crippen LogP) is 4.00. The number of carbonyl (C=O) groups is 2. The number of ether oxygens (including phenoxy) is 1. The van der Waals surface area contributed by atoms with Gasteiger partial charge in [0.2, 0.25) is 11.8 Å². The summed E-state index contributed by atoms with van der Waals surface area (Å²) >= 11 is 6.17. The van der Waals surface area contributed by atoms with E-state index in [4.69, 9.17) is 16.3 Å². The summed E-state index contributed by atoms with van der Waals surface area (Å²) in [6.07, 6.45) is 1.69. The molecule has 2 atom stereocenters. The SMILES string of the molecule is Cc1cnc(Oc2ccc(C3C(C)C(=O)NC(=O)N3C)c(C)c2)c(Cl)c1. The maximum absolute atomic E-state index is 12.0. The zero-order valence-electron chi connectivity index (χ0n) is 15.0. The minimum absolute atomic E-state index is 0.270. The van der Waals surface area contributed by atoms with Crippen LogP contribution in [0.3, 0.4) is 0 Å². The summed E-state index contributed by atoms with van der Waals surface area (Å²) in [6.45, 7) is 5.63. The van der Waals surface area contributed by atoms with Crippen LogP contribution in [0, 0.1) is 19.8 Å². The first-order chi connectivity index (χ1) is 12.3. The first-order valence-corrected chi connectivity index (χ1v) is 8.64. The van der Waals surface area contributed by atoms with Crippen molar-refractivity contribution in [3.63, 3.8) is 0 Å². The number of carbonyl (C=O) groups excluding carboxylic acids is 2. The highest BCUT2D eigenvalue weighted by Crippen LogP contribution is 2.35. The first kappa shape index (κ1) is 18.2. The number of aryl methyl sites for hydroxylation is 2. The van der Waals surface area contributed by atoms with E-state index in [-0.39, 0.29) is 17.9 Å². The Hall–Kier alpha value is -2.60. The molecule has 1 aliphatic rings. The molecule has 1 N–H and O–H groups in total. The molecule has 1 aromatic heterocycles. The van der Waals surface area contributed by atoms with Crippen molar-refractivity contribution in [3.05, 3.63) is 52.2 Å². The lowest BCUT2D eigenvalue weighted by Gasteiger charge is -2.37. The Balaban J connectivity index is 1.89. The van der Waals surface area contributed by atoms with E-state index in [2.05, 4.69) is 10.3 Å². The molecule has 2 heterocycles. The van der Waals surface area contributed by atoms with Gasteiger partial charge in [-0.2, -0.15) is 0 Å². The number of halogens is 1. The van der Waals surface area contributed by atoms with Gasteiger partial charge < -0.3 is 9.64 Å². The second-order valence-corrected chi connectivity index (χ2v) is 6.97. The van der Waals surface area contributed by atoms with E-state index in [1.807, 2.05) is 32.9 Å². The van der Waals surface area contributed by atoms with Gasteiger partial charge in [0.1, 0.15) is 10.8 Å². The molecule has 0 spiro atoms. The number of urea groups is 1. The number of nitrogens with one attached hydrogen (secondary N) is 1. The fourth-order valence-electron chi connectivity index (χ4n) is 3.14. The Morgan fingerprint density at radius 2 is 1.96 bits per heavy atom. The van der Waals surface area contributed by atoms with Gasteiger partial charge in [-0.25, -0.2) is 9.78 Å². The summed E-state index contributed by atoms with van der Waals surface area (Å²) in [5.41, 5.74) is 2.77. The third-order valence-electron chi connectivity index (χ3n) is 4.57. The number of rotatable bonds is 3. The van der Waals surface area contributed by atoms with Gasteiger partial charge in [0.05, 0.1) is 12.0 Å².